The number of benzene rings is 2. The maximum absolute atomic E-state index is 13.0. The van der Waals surface area contributed by atoms with Crippen molar-refractivity contribution in [2.75, 3.05) is 23.9 Å². The van der Waals surface area contributed by atoms with E-state index in [-0.39, 0.29) is 18.2 Å². The van der Waals surface area contributed by atoms with Crippen molar-refractivity contribution in [3.63, 3.8) is 0 Å². The number of hydrogen-bond acceptors (Lipinski definition) is 6. The highest BCUT2D eigenvalue weighted by molar-refractivity contribution is 7.03. The summed E-state index contributed by atoms with van der Waals surface area (Å²) in [4.78, 5) is 27.3. The molecule has 1 fully saturated rings. The highest BCUT2D eigenvalue weighted by Gasteiger charge is 2.36. The molecule has 1 N–H and O–H groups in total. The summed E-state index contributed by atoms with van der Waals surface area (Å²) in [5, 5.41) is 8.94. The molecule has 1 atom stereocenters. The Morgan fingerprint density at radius 3 is 2.80 bits per heavy atom. The van der Waals surface area contributed by atoms with Crippen LogP contribution in [-0.4, -0.2) is 35.1 Å². The molecule has 0 spiro atoms. The first-order chi connectivity index (χ1) is 14.5. The van der Waals surface area contributed by atoms with Crippen LogP contribution in [-0.2, 0) is 9.59 Å². The highest BCUT2D eigenvalue weighted by atomic mass is 32.1. The lowest BCUT2D eigenvalue weighted by atomic mass is 10.1. The van der Waals surface area contributed by atoms with E-state index in [0.717, 1.165) is 22.4 Å². The highest BCUT2D eigenvalue weighted by Crippen LogP contribution is 2.34. The Bertz CT molecular complexity index is 1100. The monoisotopic (exact) mass is 422 g/mol. The zero-order valence-corrected chi connectivity index (χ0v) is 17.8. The molecule has 30 heavy (non-hydrogen) atoms. The van der Waals surface area contributed by atoms with Crippen LogP contribution in [0.3, 0.4) is 0 Å². The van der Waals surface area contributed by atoms with E-state index < -0.39 is 5.92 Å². The van der Waals surface area contributed by atoms with Crippen LogP contribution in [0.4, 0.5) is 11.4 Å². The van der Waals surface area contributed by atoms with Crippen LogP contribution in [0.1, 0.15) is 17.5 Å². The summed E-state index contributed by atoms with van der Waals surface area (Å²) in [5.74, 6) is -0.0747. The average Bonchev–Trinajstić information content (AvgIpc) is 3.39. The van der Waals surface area contributed by atoms with Crippen LogP contribution >= 0.6 is 11.5 Å². The van der Waals surface area contributed by atoms with Gasteiger partial charge in [-0.05, 0) is 54.7 Å². The number of nitrogens with zero attached hydrogens (tertiary/aromatic N) is 3. The molecule has 1 aliphatic rings. The molecule has 7 nitrogen and oxygen atoms in total. The smallest absolute Gasteiger partial charge is 0.229 e. The summed E-state index contributed by atoms with van der Waals surface area (Å²) in [5.41, 5.74) is 5.03. The molecule has 1 aromatic heterocycles. The number of rotatable bonds is 5. The number of ether oxygens (including phenoxy) is 1. The van der Waals surface area contributed by atoms with E-state index >= 15 is 0 Å². The molecule has 0 radical (unpaired) electrons. The minimum absolute atomic E-state index is 0.0851. The molecule has 0 bridgehead atoms. The van der Waals surface area contributed by atoms with Crippen molar-refractivity contribution in [2.45, 2.75) is 20.3 Å². The zero-order chi connectivity index (χ0) is 21.3. The van der Waals surface area contributed by atoms with E-state index in [4.69, 9.17) is 4.74 Å². The lowest BCUT2D eigenvalue weighted by Gasteiger charge is -2.20. The van der Waals surface area contributed by atoms with Gasteiger partial charge >= 0.3 is 0 Å². The zero-order valence-electron chi connectivity index (χ0n) is 17.0. The van der Waals surface area contributed by atoms with Gasteiger partial charge in [0, 0.05) is 29.6 Å². The first-order valence-corrected chi connectivity index (χ1v) is 10.4. The molecule has 4 rings (SSSR count). The Kier molecular flexibility index (Phi) is 5.50. The third-order valence-electron chi connectivity index (χ3n) is 5.27. The molecule has 1 saturated heterocycles. The number of methoxy groups -OCH3 is 1. The Morgan fingerprint density at radius 1 is 1.23 bits per heavy atom. The fraction of sp³-hybridized carbons (Fsp3) is 0.273. The van der Waals surface area contributed by atoms with E-state index in [1.165, 1.54) is 11.5 Å². The van der Waals surface area contributed by atoms with Crippen LogP contribution in [0, 0.1) is 19.8 Å². The summed E-state index contributed by atoms with van der Waals surface area (Å²) < 4.78 is 9.30. The van der Waals surface area contributed by atoms with E-state index in [2.05, 4.69) is 14.9 Å². The Hall–Kier alpha value is -3.26. The van der Waals surface area contributed by atoms with Gasteiger partial charge in [0.25, 0.3) is 0 Å². The van der Waals surface area contributed by atoms with E-state index in [1.54, 1.807) is 12.0 Å². The number of aromatic nitrogens is 2. The quantitative estimate of drug-likeness (QED) is 0.676. The molecule has 0 aliphatic carbocycles. The molecule has 2 heterocycles. The number of hydrogen-bond donors (Lipinski definition) is 1. The van der Waals surface area contributed by atoms with Crippen molar-refractivity contribution >= 4 is 34.7 Å². The number of amides is 2. The predicted octanol–water partition coefficient (Wildman–Crippen LogP) is 3.82. The van der Waals surface area contributed by atoms with Crippen molar-refractivity contribution in [2.24, 2.45) is 5.92 Å². The maximum atomic E-state index is 13.0. The average molecular weight is 423 g/mol. The first-order valence-electron chi connectivity index (χ1n) is 9.60. The summed E-state index contributed by atoms with van der Waals surface area (Å²) >= 11 is 1.28. The molecule has 2 aromatic carbocycles. The molecular weight excluding hydrogens is 400 g/mol. The van der Waals surface area contributed by atoms with E-state index in [1.807, 2.05) is 55.6 Å². The largest absolute Gasteiger partial charge is 0.495 e. The topological polar surface area (TPSA) is 84.4 Å². The van der Waals surface area contributed by atoms with Crippen molar-refractivity contribution < 1.29 is 14.3 Å². The third kappa shape index (κ3) is 3.91. The van der Waals surface area contributed by atoms with Gasteiger partial charge in [-0.25, -0.2) is 0 Å². The molecule has 8 heteroatoms. The summed E-state index contributed by atoms with van der Waals surface area (Å²) in [6, 6.07) is 11.5. The van der Waals surface area contributed by atoms with Gasteiger partial charge in [-0.3, -0.25) is 9.59 Å². The van der Waals surface area contributed by atoms with Crippen LogP contribution in [0.15, 0.2) is 41.8 Å². The van der Waals surface area contributed by atoms with Gasteiger partial charge in [-0.1, -0.05) is 22.7 Å². The fourth-order valence-corrected chi connectivity index (χ4v) is 4.03. The maximum Gasteiger partial charge on any atom is 0.229 e. The van der Waals surface area contributed by atoms with Crippen LogP contribution in [0.25, 0.3) is 11.3 Å². The van der Waals surface area contributed by atoms with E-state index in [9.17, 15) is 9.59 Å². The summed E-state index contributed by atoms with van der Waals surface area (Å²) in [7, 11) is 1.58. The van der Waals surface area contributed by atoms with Gasteiger partial charge in [0.05, 0.1) is 18.7 Å². The Labute approximate surface area is 178 Å². The third-order valence-corrected chi connectivity index (χ3v) is 5.78. The number of carbonyl (C=O) groups is 2. The normalized spacial score (nSPS) is 16.0. The second-order valence-electron chi connectivity index (χ2n) is 7.39. The second kappa shape index (κ2) is 8.23. The van der Waals surface area contributed by atoms with Crippen LogP contribution in [0.5, 0.6) is 5.75 Å². The lowest BCUT2D eigenvalue weighted by molar-refractivity contribution is -0.122. The number of nitrogens with one attached hydrogen (secondary N) is 1. The van der Waals surface area contributed by atoms with Gasteiger partial charge in [-0.15, -0.1) is 5.10 Å². The van der Waals surface area contributed by atoms with Gasteiger partial charge < -0.3 is 15.0 Å². The number of aryl methyl sites for hydroxylation is 2. The molecule has 154 valence electrons. The minimum Gasteiger partial charge on any atom is -0.495 e. The molecule has 2 amide bonds. The Balaban J connectivity index is 1.52. The second-order valence-corrected chi connectivity index (χ2v) is 8.00. The molecule has 1 unspecified atom stereocenters. The van der Waals surface area contributed by atoms with Gasteiger partial charge in [0.1, 0.15) is 11.4 Å². The Morgan fingerprint density at radius 2 is 2.07 bits per heavy atom. The van der Waals surface area contributed by atoms with E-state index in [0.29, 0.717) is 23.7 Å². The fourth-order valence-electron chi connectivity index (χ4n) is 3.57. The number of carbonyl (C=O) groups excluding carboxylic acids is 2. The summed E-state index contributed by atoms with van der Waals surface area (Å²) in [6.07, 6.45) is 0.164. The molecule has 3 aromatic rings. The van der Waals surface area contributed by atoms with Crippen molar-refractivity contribution in [3.8, 4) is 17.0 Å². The van der Waals surface area contributed by atoms with Crippen LogP contribution in [0.2, 0.25) is 0 Å². The van der Waals surface area contributed by atoms with Crippen LogP contribution < -0.4 is 15.0 Å². The van der Waals surface area contributed by atoms with Gasteiger partial charge in [-0.2, -0.15) is 0 Å². The molecule has 1 aliphatic heterocycles. The first kappa shape index (κ1) is 20.0. The van der Waals surface area contributed by atoms with Gasteiger partial charge in [0.15, 0.2) is 0 Å². The molecule has 0 saturated carbocycles. The van der Waals surface area contributed by atoms with Crippen molar-refractivity contribution in [1.82, 2.24) is 9.59 Å². The van der Waals surface area contributed by atoms with Crippen molar-refractivity contribution in [1.29, 1.82) is 0 Å². The number of anilines is 2. The summed E-state index contributed by atoms with van der Waals surface area (Å²) in [6.45, 7) is 4.21. The van der Waals surface area contributed by atoms with Crippen molar-refractivity contribution in [3.05, 3.63) is 52.9 Å². The minimum atomic E-state index is -0.438. The molecular formula is C22H22N4O3S. The predicted molar refractivity (Wildman–Crippen MR) is 117 cm³/mol. The van der Waals surface area contributed by atoms with Gasteiger partial charge in [0.2, 0.25) is 11.8 Å². The SMILES string of the molecule is COc1ccc(C)cc1N1CC(C(=O)Nc2cc(-c3csnn3)ccc2C)CC1=O. The lowest BCUT2D eigenvalue weighted by Crippen LogP contribution is -2.28. The standard InChI is InChI=1S/C22H22N4O3S/c1-13-4-7-20(29-3)19(8-13)26-11-16(10-21(26)27)22(28)23-17-9-15(6-5-14(17)2)18-12-30-25-24-18/h4-9,12,16H,10-11H2,1-3H3,(H,23,28).